The number of aliphatic hydroxyl groups is 2. The summed E-state index contributed by atoms with van der Waals surface area (Å²) < 4.78 is 22.8. The minimum atomic E-state index is -3.50. The number of para-hydroxylation sites is 1. The molecule has 2 aromatic carbocycles. The predicted molar refractivity (Wildman–Crippen MR) is 155 cm³/mol. The zero-order valence-corrected chi connectivity index (χ0v) is 24.8. The Balaban J connectivity index is 1.60. The van der Waals surface area contributed by atoms with Crippen LogP contribution in [0, 0.1) is 5.92 Å². The summed E-state index contributed by atoms with van der Waals surface area (Å²) in [6, 6.07) is 13.8. The Hall–Kier alpha value is -3.12. The predicted octanol–water partition coefficient (Wildman–Crippen LogP) is 3.83. The van der Waals surface area contributed by atoms with Crippen molar-refractivity contribution in [3.05, 3.63) is 54.1 Å². The molecule has 0 aromatic heterocycles. The molecule has 0 saturated carbocycles. The summed E-state index contributed by atoms with van der Waals surface area (Å²) >= 11 is 0. The first-order valence-electron chi connectivity index (χ1n) is 14.2. The molecule has 2 aromatic rings. The summed E-state index contributed by atoms with van der Waals surface area (Å²) in [5.41, 5.74) is -0.262. The van der Waals surface area contributed by atoms with Gasteiger partial charge in [0.25, 0.3) is 11.8 Å². The maximum absolute atomic E-state index is 16.1. The average Bonchev–Trinajstić information content (AvgIpc) is 3.58. The van der Waals surface area contributed by atoms with Crippen LogP contribution in [0.2, 0.25) is 18.6 Å². The van der Waals surface area contributed by atoms with Crippen LogP contribution in [-0.4, -0.2) is 72.6 Å². The number of carbonyl (C=O) groups excluding carboxylic acids is 3. The van der Waals surface area contributed by atoms with Crippen LogP contribution in [0.15, 0.2) is 48.5 Å². The highest BCUT2D eigenvalue weighted by molar-refractivity contribution is 6.72. The molecule has 5 rings (SSSR count). The molecule has 3 heterocycles. The molecule has 2 fully saturated rings. The SMILES string of the molecule is C[C@H](O)C(=O)Nc1ccc2c(c1)[C@]1(O[C@@H](CC(=O)N3CCC[C@H]3CO)[C@H]([Si](C)(C)F)[C@H]1C)C(=O)N2c1ccccc1. The maximum atomic E-state index is 16.1. The van der Waals surface area contributed by atoms with E-state index in [1.807, 2.05) is 25.1 Å². The van der Waals surface area contributed by atoms with E-state index in [4.69, 9.17) is 4.74 Å². The molecule has 0 bridgehead atoms. The second-order valence-corrected chi connectivity index (χ2v) is 15.7. The van der Waals surface area contributed by atoms with Gasteiger partial charge in [-0.1, -0.05) is 25.1 Å². The van der Waals surface area contributed by atoms with Gasteiger partial charge in [0.1, 0.15) is 6.10 Å². The van der Waals surface area contributed by atoms with E-state index in [1.54, 1.807) is 53.2 Å². The molecule has 2 saturated heterocycles. The van der Waals surface area contributed by atoms with Crippen LogP contribution < -0.4 is 10.2 Å². The molecule has 3 aliphatic heterocycles. The highest BCUT2D eigenvalue weighted by Crippen LogP contribution is 2.61. The second kappa shape index (κ2) is 10.9. The van der Waals surface area contributed by atoms with E-state index >= 15 is 4.11 Å². The fraction of sp³-hybridized carbons (Fsp3) is 0.500. The normalized spacial score (nSPS) is 28.3. The monoisotopic (exact) mass is 583 g/mol. The van der Waals surface area contributed by atoms with E-state index in [-0.39, 0.29) is 30.9 Å². The largest absolute Gasteiger partial charge is 0.394 e. The molecule has 0 unspecified atom stereocenters. The molecule has 0 radical (unpaired) electrons. The number of anilines is 3. The van der Waals surface area contributed by atoms with Gasteiger partial charge in [-0.05, 0) is 63.2 Å². The average molecular weight is 584 g/mol. The van der Waals surface area contributed by atoms with Crippen molar-refractivity contribution in [1.29, 1.82) is 0 Å². The van der Waals surface area contributed by atoms with Crippen LogP contribution >= 0.6 is 0 Å². The number of hydrogen-bond acceptors (Lipinski definition) is 6. The van der Waals surface area contributed by atoms with Gasteiger partial charge >= 0.3 is 0 Å². The number of hydrogen-bond donors (Lipinski definition) is 3. The molecule has 0 aliphatic carbocycles. The van der Waals surface area contributed by atoms with E-state index in [2.05, 4.69) is 5.32 Å². The summed E-state index contributed by atoms with van der Waals surface area (Å²) in [6.07, 6.45) is -0.700. The number of amides is 3. The van der Waals surface area contributed by atoms with Gasteiger partial charge in [-0.2, -0.15) is 0 Å². The molecular formula is C30H38FN3O6Si. The van der Waals surface area contributed by atoms with Gasteiger partial charge in [-0.25, -0.2) is 0 Å². The van der Waals surface area contributed by atoms with Crippen molar-refractivity contribution in [3.63, 3.8) is 0 Å². The molecular weight excluding hydrogens is 545 g/mol. The van der Waals surface area contributed by atoms with E-state index in [9.17, 15) is 24.6 Å². The molecule has 11 heteroatoms. The first-order valence-corrected chi connectivity index (χ1v) is 17.2. The number of benzene rings is 2. The van der Waals surface area contributed by atoms with Crippen LogP contribution in [0.4, 0.5) is 21.2 Å². The second-order valence-electron chi connectivity index (χ2n) is 11.9. The Bertz CT molecular complexity index is 1340. The Kier molecular flexibility index (Phi) is 7.84. The van der Waals surface area contributed by atoms with E-state index in [1.165, 1.54) is 6.92 Å². The number of fused-ring (bicyclic) bond motifs is 2. The molecule has 220 valence electrons. The van der Waals surface area contributed by atoms with Crippen LogP contribution in [0.25, 0.3) is 0 Å². The van der Waals surface area contributed by atoms with Crippen molar-refractivity contribution in [1.82, 2.24) is 4.90 Å². The highest BCUT2D eigenvalue weighted by atomic mass is 28.4. The van der Waals surface area contributed by atoms with Crippen molar-refractivity contribution in [2.45, 2.75) is 75.6 Å². The standard InChI is InChI=1S/C30H38FN3O6Si/c1-18-27(41(3,4)31)25(16-26(37)33-14-8-11-22(33)17-35)40-30(18)23-15-20(32-28(38)19(2)36)12-13-24(23)34(29(30)39)21-9-6-5-7-10-21/h5-7,9-10,12-13,15,18-19,22,25,27,35-36H,8,11,14,16-17H2,1-4H3,(H,32,38)/t18-,19+,22+,25+,27-,30+/m1/s1. The number of nitrogens with one attached hydrogen (secondary N) is 1. The van der Waals surface area contributed by atoms with Gasteiger partial charge in [0.2, 0.25) is 14.3 Å². The molecule has 3 amide bonds. The van der Waals surface area contributed by atoms with Crippen LogP contribution in [-0.2, 0) is 24.7 Å². The number of carbonyl (C=O) groups is 3. The lowest BCUT2D eigenvalue weighted by atomic mass is 9.82. The van der Waals surface area contributed by atoms with Crippen molar-refractivity contribution in [2.75, 3.05) is 23.4 Å². The zero-order valence-electron chi connectivity index (χ0n) is 23.8. The Labute approximate surface area is 240 Å². The molecule has 3 N–H and O–H groups in total. The number of rotatable bonds is 7. The van der Waals surface area contributed by atoms with Crippen LogP contribution in [0.3, 0.4) is 0 Å². The topological polar surface area (TPSA) is 119 Å². The highest BCUT2D eigenvalue weighted by Gasteiger charge is 2.67. The first kappa shape index (κ1) is 29.4. The maximum Gasteiger partial charge on any atom is 0.268 e. The van der Waals surface area contributed by atoms with Crippen LogP contribution in [0.1, 0.15) is 38.7 Å². The zero-order chi connectivity index (χ0) is 29.7. The summed E-state index contributed by atoms with van der Waals surface area (Å²) in [7, 11) is -3.50. The van der Waals surface area contributed by atoms with Crippen molar-refractivity contribution >= 4 is 43.2 Å². The number of halogens is 1. The van der Waals surface area contributed by atoms with Crippen molar-refractivity contribution in [3.8, 4) is 0 Å². The minimum absolute atomic E-state index is 0.0972. The number of nitrogens with zero attached hydrogens (tertiary/aromatic N) is 2. The molecule has 3 aliphatic rings. The van der Waals surface area contributed by atoms with Gasteiger partial charge in [-0.3, -0.25) is 19.3 Å². The molecule has 41 heavy (non-hydrogen) atoms. The molecule has 9 nitrogen and oxygen atoms in total. The summed E-state index contributed by atoms with van der Waals surface area (Å²) in [6.45, 7) is 6.71. The number of likely N-dealkylation sites (tertiary alicyclic amines) is 1. The third-order valence-corrected chi connectivity index (χ3v) is 11.3. The smallest absolute Gasteiger partial charge is 0.268 e. The van der Waals surface area contributed by atoms with Crippen molar-refractivity contribution in [2.24, 2.45) is 5.92 Å². The van der Waals surface area contributed by atoms with Gasteiger partial charge in [0.15, 0.2) is 5.60 Å². The summed E-state index contributed by atoms with van der Waals surface area (Å²) in [4.78, 5) is 43.5. The van der Waals surface area contributed by atoms with E-state index < -0.39 is 43.6 Å². The fourth-order valence-corrected chi connectivity index (χ4v) is 9.47. The lowest BCUT2D eigenvalue weighted by Gasteiger charge is -2.31. The number of ether oxygens (including phenoxy) is 1. The van der Waals surface area contributed by atoms with Gasteiger partial charge in [-0.15, -0.1) is 0 Å². The lowest BCUT2D eigenvalue weighted by Crippen LogP contribution is -2.44. The third kappa shape index (κ3) is 4.98. The van der Waals surface area contributed by atoms with Gasteiger partial charge < -0.3 is 29.3 Å². The quantitative estimate of drug-likeness (QED) is 0.337. The molecule has 6 atom stereocenters. The molecule has 1 spiro atoms. The van der Waals surface area contributed by atoms with E-state index in [0.717, 1.165) is 6.42 Å². The Morgan fingerprint density at radius 2 is 1.93 bits per heavy atom. The minimum Gasteiger partial charge on any atom is -0.394 e. The number of aliphatic hydroxyl groups excluding tert-OH is 2. The van der Waals surface area contributed by atoms with Crippen LogP contribution in [0.5, 0.6) is 0 Å². The van der Waals surface area contributed by atoms with Gasteiger partial charge in [0, 0.05) is 34.9 Å². The van der Waals surface area contributed by atoms with Gasteiger partial charge in [0.05, 0.1) is 30.9 Å². The fourth-order valence-electron chi connectivity index (χ4n) is 6.97. The summed E-state index contributed by atoms with van der Waals surface area (Å²) in [5.74, 6) is -1.83. The lowest BCUT2D eigenvalue weighted by molar-refractivity contribution is -0.149. The Morgan fingerprint density at radius 3 is 2.56 bits per heavy atom. The Morgan fingerprint density at radius 1 is 1.22 bits per heavy atom. The van der Waals surface area contributed by atoms with E-state index in [0.29, 0.717) is 35.6 Å². The third-order valence-electron chi connectivity index (χ3n) is 8.81. The summed E-state index contributed by atoms with van der Waals surface area (Å²) in [5, 5.41) is 22.2. The first-order chi connectivity index (χ1) is 19.4. The van der Waals surface area contributed by atoms with Crippen molar-refractivity contribution < 1.29 is 33.4 Å².